The minimum atomic E-state index is 0.564. The molecule has 21 heavy (non-hydrogen) atoms. The Morgan fingerprint density at radius 1 is 1.00 bits per heavy atom. The Morgan fingerprint density at radius 3 is 2.38 bits per heavy atom. The first-order chi connectivity index (χ1) is 10.2. The third-order valence-corrected chi connectivity index (χ3v) is 4.46. The van der Waals surface area contributed by atoms with Gasteiger partial charge in [-0.1, -0.05) is 54.1 Å². The van der Waals surface area contributed by atoms with Crippen LogP contribution in [0.1, 0.15) is 41.0 Å². The van der Waals surface area contributed by atoms with Crippen molar-refractivity contribution in [3.05, 3.63) is 70.8 Å². The van der Waals surface area contributed by atoms with E-state index in [-0.39, 0.29) is 0 Å². The Kier molecular flexibility index (Phi) is 4.40. The molecule has 1 heteroatoms. The molecule has 1 aliphatic carbocycles. The average molecular weight is 279 g/mol. The lowest BCUT2D eigenvalue weighted by molar-refractivity contribution is 0.575. The van der Waals surface area contributed by atoms with E-state index in [1.807, 2.05) is 0 Å². The Morgan fingerprint density at radius 2 is 1.71 bits per heavy atom. The van der Waals surface area contributed by atoms with Crippen LogP contribution in [0.3, 0.4) is 0 Å². The lowest BCUT2D eigenvalue weighted by atomic mass is 9.89. The first-order valence-electron chi connectivity index (χ1n) is 8.07. The van der Waals surface area contributed by atoms with Gasteiger partial charge in [0.15, 0.2) is 0 Å². The molecule has 0 amide bonds. The Bertz CT molecular complexity index is 581. The van der Waals surface area contributed by atoms with Crippen LogP contribution < -0.4 is 5.32 Å². The summed E-state index contributed by atoms with van der Waals surface area (Å²) in [5, 5.41) is 3.71. The predicted molar refractivity (Wildman–Crippen MR) is 89.8 cm³/mol. The molecular weight excluding hydrogens is 254 g/mol. The Labute approximate surface area is 128 Å². The van der Waals surface area contributed by atoms with Crippen molar-refractivity contribution in [2.75, 3.05) is 6.54 Å². The quantitative estimate of drug-likeness (QED) is 0.827. The maximum Gasteiger partial charge on any atom is 0.00684 e. The van der Waals surface area contributed by atoms with Crippen molar-refractivity contribution in [2.45, 2.75) is 45.1 Å². The van der Waals surface area contributed by atoms with Gasteiger partial charge in [0.1, 0.15) is 0 Å². The molecule has 1 unspecified atom stereocenters. The average Bonchev–Trinajstić information content (AvgIpc) is 3.30. The van der Waals surface area contributed by atoms with E-state index in [1.54, 1.807) is 0 Å². The van der Waals surface area contributed by atoms with Gasteiger partial charge in [-0.25, -0.2) is 0 Å². The fourth-order valence-corrected chi connectivity index (χ4v) is 2.94. The molecule has 0 bridgehead atoms. The van der Waals surface area contributed by atoms with Gasteiger partial charge in [-0.05, 0) is 49.8 Å². The minimum Gasteiger partial charge on any atom is -0.313 e. The van der Waals surface area contributed by atoms with Crippen LogP contribution in [0.4, 0.5) is 0 Å². The Hall–Kier alpha value is -1.60. The summed E-state index contributed by atoms with van der Waals surface area (Å²) in [6.07, 6.45) is 3.82. The Balaban J connectivity index is 1.77. The number of nitrogens with one attached hydrogen (secondary N) is 1. The topological polar surface area (TPSA) is 12.0 Å². The molecule has 0 aromatic heterocycles. The maximum absolute atomic E-state index is 3.71. The highest BCUT2D eigenvalue weighted by Crippen LogP contribution is 2.26. The van der Waals surface area contributed by atoms with Crippen molar-refractivity contribution in [3.63, 3.8) is 0 Å². The zero-order valence-corrected chi connectivity index (χ0v) is 13.1. The summed E-state index contributed by atoms with van der Waals surface area (Å²) < 4.78 is 0. The predicted octanol–water partition coefficient (Wildman–Crippen LogP) is 4.38. The van der Waals surface area contributed by atoms with Crippen molar-refractivity contribution in [1.82, 2.24) is 5.32 Å². The van der Waals surface area contributed by atoms with Crippen LogP contribution in [0, 0.1) is 13.8 Å². The van der Waals surface area contributed by atoms with E-state index in [9.17, 15) is 0 Å². The normalized spacial score (nSPS) is 15.9. The van der Waals surface area contributed by atoms with Gasteiger partial charge in [-0.2, -0.15) is 0 Å². The van der Waals surface area contributed by atoms with E-state index in [2.05, 4.69) is 67.7 Å². The van der Waals surface area contributed by atoms with Crippen molar-refractivity contribution in [2.24, 2.45) is 0 Å². The van der Waals surface area contributed by atoms with Crippen LogP contribution in [-0.2, 0) is 6.42 Å². The number of benzene rings is 2. The van der Waals surface area contributed by atoms with E-state index in [0.29, 0.717) is 5.92 Å². The minimum absolute atomic E-state index is 0.564. The van der Waals surface area contributed by atoms with E-state index in [1.165, 1.54) is 35.1 Å². The summed E-state index contributed by atoms with van der Waals surface area (Å²) in [6.45, 7) is 5.47. The molecule has 1 atom stereocenters. The zero-order valence-electron chi connectivity index (χ0n) is 13.1. The van der Waals surface area contributed by atoms with E-state index < -0.39 is 0 Å². The largest absolute Gasteiger partial charge is 0.313 e. The summed E-state index contributed by atoms with van der Waals surface area (Å²) in [5.74, 6) is 0.564. The fraction of sp³-hybridized carbons (Fsp3) is 0.400. The molecule has 0 saturated heterocycles. The van der Waals surface area contributed by atoms with Gasteiger partial charge in [-0.3, -0.25) is 0 Å². The summed E-state index contributed by atoms with van der Waals surface area (Å²) in [4.78, 5) is 0. The van der Waals surface area contributed by atoms with Gasteiger partial charge < -0.3 is 5.32 Å². The van der Waals surface area contributed by atoms with E-state index >= 15 is 0 Å². The molecule has 110 valence electrons. The second-order valence-electron chi connectivity index (χ2n) is 6.43. The lowest BCUT2D eigenvalue weighted by Crippen LogP contribution is -2.25. The van der Waals surface area contributed by atoms with Gasteiger partial charge >= 0.3 is 0 Å². The standard InChI is InChI=1S/C20H25N/c1-15-7-9-17(10-8-15)13-18(14-21-19-11-12-19)20-6-4-3-5-16(20)2/h3-10,18-19,21H,11-14H2,1-2H3. The summed E-state index contributed by atoms with van der Waals surface area (Å²) >= 11 is 0. The number of hydrogen-bond acceptors (Lipinski definition) is 1. The molecule has 2 aromatic carbocycles. The molecular formula is C20H25N. The molecule has 1 aliphatic rings. The summed E-state index contributed by atoms with van der Waals surface area (Å²) in [6, 6.07) is 18.6. The molecule has 1 fully saturated rings. The van der Waals surface area contributed by atoms with E-state index in [4.69, 9.17) is 0 Å². The van der Waals surface area contributed by atoms with E-state index in [0.717, 1.165) is 19.0 Å². The van der Waals surface area contributed by atoms with Gasteiger partial charge in [0.05, 0.1) is 0 Å². The number of rotatable bonds is 6. The van der Waals surface area contributed by atoms with Gasteiger partial charge in [0.25, 0.3) is 0 Å². The molecule has 0 heterocycles. The van der Waals surface area contributed by atoms with Gasteiger partial charge in [0.2, 0.25) is 0 Å². The smallest absolute Gasteiger partial charge is 0.00684 e. The van der Waals surface area contributed by atoms with Crippen molar-refractivity contribution in [3.8, 4) is 0 Å². The highest BCUT2D eigenvalue weighted by atomic mass is 14.9. The van der Waals surface area contributed by atoms with Crippen LogP contribution >= 0.6 is 0 Å². The van der Waals surface area contributed by atoms with Gasteiger partial charge in [0, 0.05) is 18.5 Å². The molecule has 2 aromatic rings. The summed E-state index contributed by atoms with van der Waals surface area (Å²) in [7, 11) is 0. The molecule has 3 rings (SSSR count). The first-order valence-corrected chi connectivity index (χ1v) is 8.07. The van der Waals surface area contributed by atoms with Crippen LogP contribution in [0.2, 0.25) is 0 Å². The van der Waals surface area contributed by atoms with Crippen LogP contribution in [-0.4, -0.2) is 12.6 Å². The molecule has 1 N–H and O–H groups in total. The second-order valence-corrected chi connectivity index (χ2v) is 6.43. The fourth-order valence-electron chi connectivity index (χ4n) is 2.94. The van der Waals surface area contributed by atoms with Gasteiger partial charge in [-0.15, -0.1) is 0 Å². The SMILES string of the molecule is Cc1ccc(CC(CNC2CC2)c2ccccc2C)cc1. The second kappa shape index (κ2) is 6.44. The van der Waals surface area contributed by atoms with Crippen molar-refractivity contribution >= 4 is 0 Å². The monoisotopic (exact) mass is 279 g/mol. The third kappa shape index (κ3) is 3.95. The highest BCUT2D eigenvalue weighted by molar-refractivity contribution is 5.32. The molecule has 1 saturated carbocycles. The lowest BCUT2D eigenvalue weighted by Gasteiger charge is -2.20. The zero-order chi connectivity index (χ0) is 14.7. The number of aryl methyl sites for hydroxylation is 2. The molecule has 0 radical (unpaired) electrons. The maximum atomic E-state index is 3.71. The summed E-state index contributed by atoms with van der Waals surface area (Å²) in [5.41, 5.74) is 5.67. The molecule has 1 nitrogen and oxygen atoms in total. The highest BCUT2D eigenvalue weighted by Gasteiger charge is 2.23. The molecule has 0 spiro atoms. The van der Waals surface area contributed by atoms with Crippen LogP contribution in [0.15, 0.2) is 48.5 Å². The van der Waals surface area contributed by atoms with Crippen LogP contribution in [0.5, 0.6) is 0 Å². The number of hydrogen-bond donors (Lipinski definition) is 1. The molecule has 0 aliphatic heterocycles. The van der Waals surface area contributed by atoms with Crippen molar-refractivity contribution < 1.29 is 0 Å². The van der Waals surface area contributed by atoms with Crippen LogP contribution in [0.25, 0.3) is 0 Å². The third-order valence-electron chi connectivity index (χ3n) is 4.46. The first kappa shape index (κ1) is 14.3. The van der Waals surface area contributed by atoms with Crippen molar-refractivity contribution in [1.29, 1.82) is 0 Å².